The van der Waals surface area contributed by atoms with Crippen molar-refractivity contribution in [3.05, 3.63) is 59.1 Å². The van der Waals surface area contributed by atoms with Crippen molar-refractivity contribution in [2.24, 2.45) is 0 Å². The van der Waals surface area contributed by atoms with Gasteiger partial charge in [-0.1, -0.05) is 35.5 Å². The Balaban J connectivity index is 1.68. The van der Waals surface area contributed by atoms with Crippen molar-refractivity contribution >= 4 is 40.7 Å². The van der Waals surface area contributed by atoms with Crippen molar-refractivity contribution in [2.45, 2.75) is 24.3 Å². The molecule has 0 bridgehead atoms. The smallest absolute Gasteiger partial charge is 0.237 e. The quantitative estimate of drug-likeness (QED) is 0.362. The van der Waals surface area contributed by atoms with Crippen LogP contribution >= 0.6 is 23.4 Å². The van der Waals surface area contributed by atoms with Crippen molar-refractivity contribution in [2.75, 3.05) is 11.2 Å². The van der Waals surface area contributed by atoms with Gasteiger partial charge in [0.05, 0.1) is 5.25 Å². The maximum absolute atomic E-state index is 12.5. The van der Waals surface area contributed by atoms with Crippen LogP contribution in [0.25, 0.3) is 11.4 Å². The number of nitrogens with one attached hydrogen (secondary N) is 1. The number of aromatic nitrogens is 3. The third-order valence-corrected chi connectivity index (χ3v) is 5.25. The number of thioether (sulfide) groups is 1. The molecule has 0 saturated heterocycles. The largest absolute Gasteiger partial charge is 0.335 e. The van der Waals surface area contributed by atoms with E-state index in [2.05, 4.69) is 15.5 Å². The summed E-state index contributed by atoms with van der Waals surface area (Å²) in [5.74, 6) is 6.31. The van der Waals surface area contributed by atoms with Crippen molar-refractivity contribution in [1.82, 2.24) is 14.9 Å². The van der Waals surface area contributed by atoms with Gasteiger partial charge in [0, 0.05) is 21.8 Å². The molecule has 28 heavy (non-hydrogen) atoms. The van der Waals surface area contributed by atoms with Gasteiger partial charge in [0.2, 0.25) is 11.1 Å². The Kier molecular flexibility index (Phi) is 6.01. The molecule has 0 fully saturated rings. The molecule has 1 heterocycles. The molecule has 1 atom stereocenters. The second-order valence-corrected chi connectivity index (χ2v) is 7.81. The fraction of sp³-hybridized carbons (Fsp3) is 0.158. The highest BCUT2D eigenvalue weighted by atomic mass is 35.5. The summed E-state index contributed by atoms with van der Waals surface area (Å²) in [6.45, 7) is 3.24. The van der Waals surface area contributed by atoms with Gasteiger partial charge < -0.3 is 11.2 Å². The molecule has 0 spiro atoms. The molecule has 7 nitrogen and oxygen atoms in total. The molecule has 3 rings (SSSR count). The fourth-order valence-corrected chi connectivity index (χ4v) is 3.39. The molecule has 2 aromatic carbocycles. The van der Waals surface area contributed by atoms with Crippen LogP contribution in [0.5, 0.6) is 0 Å². The molecular weight excluding hydrogens is 398 g/mol. The highest BCUT2D eigenvalue weighted by Gasteiger charge is 2.20. The van der Waals surface area contributed by atoms with Crippen LogP contribution in [-0.4, -0.2) is 31.8 Å². The summed E-state index contributed by atoms with van der Waals surface area (Å²) in [4.78, 5) is 23.8. The lowest BCUT2D eigenvalue weighted by Crippen LogP contribution is -2.23. The number of rotatable bonds is 6. The van der Waals surface area contributed by atoms with Gasteiger partial charge in [-0.15, -0.1) is 10.2 Å². The molecule has 144 valence electrons. The van der Waals surface area contributed by atoms with Crippen LogP contribution in [0.4, 0.5) is 5.69 Å². The Bertz CT molecular complexity index is 1020. The van der Waals surface area contributed by atoms with Gasteiger partial charge in [-0.05, 0) is 50.2 Å². The van der Waals surface area contributed by atoms with Crippen molar-refractivity contribution in [3.8, 4) is 11.4 Å². The summed E-state index contributed by atoms with van der Waals surface area (Å²) in [7, 11) is 0. The van der Waals surface area contributed by atoms with Crippen LogP contribution < -0.4 is 11.2 Å². The SMILES string of the molecule is CC(=O)c1ccc(NC(=O)[C@H](C)Sc2nnc(-c3cccc(Cl)c3)n2N)cc1. The van der Waals surface area contributed by atoms with E-state index in [9.17, 15) is 9.59 Å². The van der Waals surface area contributed by atoms with Crippen LogP contribution in [0.2, 0.25) is 5.02 Å². The summed E-state index contributed by atoms with van der Waals surface area (Å²) >= 11 is 7.20. The third-order valence-electron chi connectivity index (χ3n) is 3.96. The Morgan fingerprint density at radius 2 is 1.89 bits per heavy atom. The number of hydrogen-bond acceptors (Lipinski definition) is 6. The number of ketones is 1. The number of benzene rings is 2. The average molecular weight is 416 g/mol. The van der Waals surface area contributed by atoms with Gasteiger partial charge in [0.1, 0.15) is 0 Å². The van der Waals surface area contributed by atoms with Crippen LogP contribution in [0.15, 0.2) is 53.7 Å². The summed E-state index contributed by atoms with van der Waals surface area (Å²) in [6.07, 6.45) is 0. The zero-order chi connectivity index (χ0) is 20.3. The highest BCUT2D eigenvalue weighted by Crippen LogP contribution is 2.26. The van der Waals surface area contributed by atoms with Gasteiger partial charge in [-0.2, -0.15) is 0 Å². The lowest BCUT2D eigenvalue weighted by atomic mass is 10.1. The molecule has 3 aromatic rings. The first-order valence-electron chi connectivity index (χ1n) is 8.40. The molecule has 0 aliphatic heterocycles. The second kappa shape index (κ2) is 8.45. The zero-order valence-electron chi connectivity index (χ0n) is 15.2. The fourth-order valence-electron chi connectivity index (χ4n) is 2.43. The number of anilines is 1. The maximum atomic E-state index is 12.5. The Hall–Kier alpha value is -2.84. The molecule has 0 aliphatic rings. The molecule has 0 aliphatic carbocycles. The topological polar surface area (TPSA) is 103 Å². The first-order valence-corrected chi connectivity index (χ1v) is 9.66. The van der Waals surface area contributed by atoms with Crippen LogP contribution in [0.1, 0.15) is 24.2 Å². The molecule has 0 saturated carbocycles. The van der Waals surface area contributed by atoms with E-state index in [-0.39, 0.29) is 11.7 Å². The van der Waals surface area contributed by atoms with Crippen LogP contribution in [-0.2, 0) is 4.79 Å². The third kappa shape index (κ3) is 4.52. The number of carbonyl (C=O) groups is 2. The number of nitrogen functional groups attached to an aromatic ring is 1. The van der Waals surface area contributed by atoms with E-state index < -0.39 is 5.25 Å². The summed E-state index contributed by atoms with van der Waals surface area (Å²) < 4.78 is 1.34. The predicted octanol–water partition coefficient (Wildman–Crippen LogP) is 3.63. The van der Waals surface area contributed by atoms with E-state index >= 15 is 0 Å². The van der Waals surface area contributed by atoms with Crippen LogP contribution in [0, 0.1) is 0 Å². The van der Waals surface area contributed by atoms with Crippen molar-refractivity contribution < 1.29 is 9.59 Å². The maximum Gasteiger partial charge on any atom is 0.237 e. The van der Waals surface area contributed by atoms with E-state index in [0.717, 1.165) is 5.56 Å². The van der Waals surface area contributed by atoms with Gasteiger partial charge in [-0.3, -0.25) is 9.59 Å². The molecule has 0 unspecified atom stereocenters. The number of nitrogens with zero attached hydrogens (tertiary/aromatic N) is 3. The lowest BCUT2D eigenvalue weighted by Gasteiger charge is -2.12. The Morgan fingerprint density at radius 3 is 2.54 bits per heavy atom. The average Bonchev–Trinajstić information content (AvgIpc) is 3.02. The van der Waals surface area contributed by atoms with Gasteiger partial charge >= 0.3 is 0 Å². The monoisotopic (exact) mass is 415 g/mol. The number of nitrogens with two attached hydrogens (primary N) is 1. The first-order chi connectivity index (χ1) is 13.3. The Morgan fingerprint density at radius 1 is 1.18 bits per heavy atom. The normalized spacial score (nSPS) is 11.8. The standard InChI is InChI=1S/C19H18ClN5O2S/c1-11(26)13-6-8-16(9-7-13)22-18(27)12(2)28-19-24-23-17(25(19)21)14-4-3-5-15(20)10-14/h3-10,12H,21H2,1-2H3,(H,22,27)/t12-/m0/s1. The van der Waals surface area contributed by atoms with E-state index in [0.29, 0.717) is 27.3 Å². The minimum atomic E-state index is -0.466. The minimum absolute atomic E-state index is 0.0282. The van der Waals surface area contributed by atoms with Gasteiger partial charge in [0.25, 0.3) is 0 Å². The zero-order valence-corrected chi connectivity index (χ0v) is 16.8. The van der Waals surface area contributed by atoms with E-state index in [1.165, 1.54) is 23.4 Å². The number of amides is 1. The predicted molar refractivity (Wildman–Crippen MR) is 111 cm³/mol. The summed E-state index contributed by atoms with van der Waals surface area (Å²) in [5.41, 5.74) is 1.93. The van der Waals surface area contributed by atoms with E-state index in [1.807, 2.05) is 6.07 Å². The van der Waals surface area contributed by atoms with Crippen molar-refractivity contribution in [1.29, 1.82) is 0 Å². The van der Waals surface area contributed by atoms with Gasteiger partial charge in [0.15, 0.2) is 11.6 Å². The molecular formula is C19H18ClN5O2S. The molecule has 3 N–H and O–H groups in total. The lowest BCUT2D eigenvalue weighted by molar-refractivity contribution is -0.115. The highest BCUT2D eigenvalue weighted by molar-refractivity contribution is 8.00. The number of carbonyl (C=O) groups excluding carboxylic acids is 2. The van der Waals surface area contributed by atoms with E-state index in [1.54, 1.807) is 49.4 Å². The van der Waals surface area contributed by atoms with Gasteiger partial charge in [-0.25, -0.2) is 4.68 Å². The molecule has 9 heteroatoms. The summed E-state index contributed by atoms with van der Waals surface area (Å²) in [6, 6.07) is 13.8. The second-order valence-electron chi connectivity index (χ2n) is 6.07. The first kappa shape index (κ1) is 19.9. The molecule has 1 aromatic heterocycles. The summed E-state index contributed by atoms with van der Waals surface area (Å²) in [5, 5.41) is 11.5. The van der Waals surface area contributed by atoms with Crippen LogP contribution in [0.3, 0.4) is 0 Å². The number of Topliss-reactive ketones (excluding diaryl/α,β-unsaturated/α-hetero) is 1. The number of hydrogen-bond donors (Lipinski definition) is 2. The van der Waals surface area contributed by atoms with Crippen molar-refractivity contribution in [3.63, 3.8) is 0 Å². The molecule has 1 amide bonds. The Labute approximate surface area is 171 Å². The van der Waals surface area contributed by atoms with E-state index in [4.69, 9.17) is 17.4 Å². The minimum Gasteiger partial charge on any atom is -0.335 e. The number of halogens is 1. The molecule has 0 radical (unpaired) electrons.